The number of thiol groups is 1. The number of carbonyl (C=O) groups excluding carboxylic acids is 1. The maximum absolute atomic E-state index is 12.1. The lowest BCUT2D eigenvalue weighted by Gasteiger charge is -2.22. The maximum Gasteiger partial charge on any atom is 0.259 e. The number of piperidine rings is 1. The first kappa shape index (κ1) is 16.4. The van der Waals surface area contributed by atoms with Crippen molar-refractivity contribution in [3.63, 3.8) is 0 Å². The Balaban J connectivity index is 2.08. The van der Waals surface area contributed by atoms with Gasteiger partial charge in [0.1, 0.15) is 0 Å². The van der Waals surface area contributed by atoms with Crippen LogP contribution in [-0.2, 0) is 11.3 Å². The highest BCUT2D eigenvalue weighted by molar-refractivity contribution is 7.78. The lowest BCUT2D eigenvalue weighted by atomic mass is 10.0. The molecule has 1 saturated heterocycles. The number of carbonyl (C=O) groups is 1. The monoisotopic (exact) mass is 315 g/mol. The highest BCUT2D eigenvalue weighted by Crippen LogP contribution is 2.20. The zero-order valence-corrected chi connectivity index (χ0v) is 13.7. The van der Waals surface area contributed by atoms with Gasteiger partial charge in [-0.15, -0.1) is 0 Å². The molecule has 1 amide bonds. The van der Waals surface area contributed by atoms with E-state index in [1.165, 1.54) is 4.31 Å². The molecule has 2 rings (SSSR count). The molecule has 1 aliphatic rings. The first-order chi connectivity index (χ1) is 10.6. The van der Waals surface area contributed by atoms with E-state index in [0.717, 1.165) is 36.2 Å². The van der Waals surface area contributed by atoms with E-state index in [9.17, 15) is 4.79 Å². The van der Waals surface area contributed by atoms with Crippen molar-refractivity contribution < 1.29 is 4.79 Å². The van der Waals surface area contributed by atoms with Gasteiger partial charge in [0.2, 0.25) is 0 Å². The molecule has 1 aromatic rings. The van der Waals surface area contributed by atoms with Crippen LogP contribution in [0.5, 0.6) is 0 Å². The van der Waals surface area contributed by atoms with Gasteiger partial charge in [0.15, 0.2) is 0 Å². The van der Waals surface area contributed by atoms with E-state index in [1.807, 2.05) is 42.0 Å². The summed E-state index contributed by atoms with van der Waals surface area (Å²) >= 11 is 4.19. The molecule has 1 fully saturated rings. The molecule has 0 aromatic carbocycles. The first-order valence-electron chi connectivity index (χ1n) is 7.29. The van der Waals surface area contributed by atoms with Gasteiger partial charge >= 0.3 is 0 Å². The summed E-state index contributed by atoms with van der Waals surface area (Å²) in [5, 5.41) is 0. The summed E-state index contributed by atoms with van der Waals surface area (Å²) in [6, 6.07) is 0. The van der Waals surface area contributed by atoms with E-state index in [1.54, 1.807) is 12.4 Å². The van der Waals surface area contributed by atoms with Gasteiger partial charge in [0.25, 0.3) is 5.91 Å². The van der Waals surface area contributed by atoms with Gasteiger partial charge in [-0.2, -0.15) is 0 Å². The van der Waals surface area contributed by atoms with Crippen LogP contribution in [0.15, 0.2) is 60.6 Å². The number of aryl methyl sites for hydroxylation is 1. The number of imidazole rings is 1. The van der Waals surface area contributed by atoms with Crippen LogP contribution in [0.2, 0.25) is 0 Å². The Bertz CT molecular complexity index is 640. The molecule has 116 valence electrons. The maximum atomic E-state index is 12.1. The second-order valence-electron chi connectivity index (χ2n) is 5.22. The van der Waals surface area contributed by atoms with Crippen LogP contribution in [0, 0.1) is 6.92 Å². The zero-order chi connectivity index (χ0) is 15.9. The Kier molecular flexibility index (Phi) is 5.83. The molecule has 0 aliphatic carbocycles. The fourth-order valence-electron chi connectivity index (χ4n) is 2.30. The van der Waals surface area contributed by atoms with E-state index in [2.05, 4.69) is 24.4 Å². The third kappa shape index (κ3) is 4.49. The molecule has 1 aliphatic heterocycles. The second-order valence-corrected chi connectivity index (χ2v) is 5.70. The van der Waals surface area contributed by atoms with Crippen LogP contribution in [0.3, 0.4) is 0 Å². The fourth-order valence-corrected chi connectivity index (χ4v) is 2.57. The Morgan fingerprint density at radius 3 is 3.05 bits per heavy atom. The molecule has 4 nitrogen and oxygen atoms in total. The molecular formula is C17H21N3OS. The Morgan fingerprint density at radius 2 is 2.36 bits per heavy atom. The third-order valence-electron chi connectivity index (χ3n) is 3.37. The number of aromatic nitrogens is 2. The van der Waals surface area contributed by atoms with Gasteiger partial charge in [0, 0.05) is 24.9 Å². The Morgan fingerprint density at radius 1 is 1.55 bits per heavy atom. The second kappa shape index (κ2) is 7.84. The minimum atomic E-state index is -0.0109. The third-order valence-corrected chi connectivity index (χ3v) is 3.75. The van der Waals surface area contributed by atoms with E-state index >= 15 is 0 Å². The molecular weight excluding hydrogens is 294 g/mol. The highest BCUT2D eigenvalue weighted by atomic mass is 32.1. The van der Waals surface area contributed by atoms with E-state index in [0.29, 0.717) is 6.54 Å². The lowest BCUT2D eigenvalue weighted by Crippen LogP contribution is -2.29. The molecule has 0 spiro atoms. The van der Waals surface area contributed by atoms with Crippen molar-refractivity contribution in [3.05, 3.63) is 66.3 Å². The smallest absolute Gasteiger partial charge is 0.259 e. The normalized spacial score (nSPS) is 18.5. The minimum Gasteiger partial charge on any atom is -0.333 e. The van der Waals surface area contributed by atoms with Gasteiger partial charge < -0.3 is 4.57 Å². The highest BCUT2D eigenvalue weighted by Gasteiger charge is 2.20. The van der Waals surface area contributed by atoms with Crippen molar-refractivity contribution in [3.8, 4) is 0 Å². The van der Waals surface area contributed by atoms with Gasteiger partial charge in [-0.1, -0.05) is 43.7 Å². The average Bonchev–Trinajstić information content (AvgIpc) is 2.89. The van der Waals surface area contributed by atoms with Crippen molar-refractivity contribution in [2.24, 2.45) is 0 Å². The standard InChI is InChI=1S/C17H21N3OS/c1-3-6-15(7-4-9-19-12-14(2)18-13-19)11-16-8-5-10-20(22)17(16)21/h3-4,6-7,11-13,22H,1,5,8-10H2,2H3/b7-4-,15-6+,16-11+. The Labute approximate surface area is 137 Å². The van der Waals surface area contributed by atoms with Crippen LogP contribution < -0.4 is 0 Å². The molecule has 0 unspecified atom stereocenters. The molecule has 0 saturated carbocycles. The summed E-state index contributed by atoms with van der Waals surface area (Å²) in [7, 11) is 0. The molecule has 0 radical (unpaired) electrons. The van der Waals surface area contributed by atoms with Crippen molar-refractivity contribution in [2.45, 2.75) is 26.3 Å². The SMILES string of the molecule is C=C/C=C(\C=C/Cn1cnc(C)c1)/C=C1\CCCN(S)C1=O. The summed E-state index contributed by atoms with van der Waals surface area (Å²) in [4.78, 5) is 16.2. The topological polar surface area (TPSA) is 38.1 Å². The molecule has 5 heteroatoms. The van der Waals surface area contributed by atoms with Crippen molar-refractivity contribution >= 4 is 18.7 Å². The van der Waals surface area contributed by atoms with Crippen molar-refractivity contribution in [2.75, 3.05) is 6.54 Å². The number of hydrogen-bond acceptors (Lipinski definition) is 3. The molecule has 1 aromatic heterocycles. The summed E-state index contributed by atoms with van der Waals surface area (Å²) < 4.78 is 3.48. The van der Waals surface area contributed by atoms with Gasteiger partial charge in [0.05, 0.1) is 12.0 Å². The number of hydrogen-bond donors (Lipinski definition) is 1. The van der Waals surface area contributed by atoms with Gasteiger partial charge in [-0.25, -0.2) is 4.98 Å². The minimum absolute atomic E-state index is 0.0109. The molecule has 0 bridgehead atoms. The van der Waals surface area contributed by atoms with E-state index in [4.69, 9.17) is 0 Å². The molecule has 2 heterocycles. The number of nitrogens with zero attached hydrogens (tertiary/aromatic N) is 3. The molecule has 22 heavy (non-hydrogen) atoms. The van der Waals surface area contributed by atoms with Crippen LogP contribution >= 0.6 is 12.8 Å². The van der Waals surface area contributed by atoms with Gasteiger partial charge in [-0.05, 0) is 31.4 Å². The summed E-state index contributed by atoms with van der Waals surface area (Å²) in [5.74, 6) is -0.0109. The Hall–Kier alpha value is -2.01. The van der Waals surface area contributed by atoms with Gasteiger partial charge in [-0.3, -0.25) is 9.10 Å². The van der Waals surface area contributed by atoms with Crippen LogP contribution in [0.1, 0.15) is 18.5 Å². The van der Waals surface area contributed by atoms with Crippen molar-refractivity contribution in [1.82, 2.24) is 13.9 Å². The van der Waals surface area contributed by atoms with Crippen LogP contribution in [0.25, 0.3) is 0 Å². The number of allylic oxidation sites excluding steroid dienone is 6. The zero-order valence-electron chi connectivity index (χ0n) is 12.8. The quantitative estimate of drug-likeness (QED) is 0.514. The molecule has 0 N–H and O–H groups in total. The predicted molar refractivity (Wildman–Crippen MR) is 92.4 cm³/mol. The lowest BCUT2D eigenvalue weighted by molar-refractivity contribution is -0.123. The van der Waals surface area contributed by atoms with Crippen LogP contribution in [0.4, 0.5) is 0 Å². The summed E-state index contributed by atoms with van der Waals surface area (Å²) in [5.41, 5.74) is 2.75. The fraction of sp³-hybridized carbons (Fsp3) is 0.294. The predicted octanol–water partition coefficient (Wildman–Crippen LogP) is 3.25. The average molecular weight is 315 g/mol. The number of rotatable bonds is 5. The molecule has 0 atom stereocenters. The van der Waals surface area contributed by atoms with E-state index < -0.39 is 0 Å². The van der Waals surface area contributed by atoms with Crippen LogP contribution in [-0.4, -0.2) is 26.3 Å². The number of amides is 1. The van der Waals surface area contributed by atoms with E-state index in [-0.39, 0.29) is 5.91 Å². The largest absolute Gasteiger partial charge is 0.333 e. The van der Waals surface area contributed by atoms with Crippen molar-refractivity contribution in [1.29, 1.82) is 0 Å². The summed E-state index contributed by atoms with van der Waals surface area (Å²) in [6.07, 6.45) is 15.1. The first-order valence-corrected chi connectivity index (χ1v) is 7.69. The summed E-state index contributed by atoms with van der Waals surface area (Å²) in [6.45, 7) is 7.14.